The number of thiol groups is 1. The molecule has 2 nitrogen and oxygen atoms in total. The average molecular weight is 164 g/mol. The first-order valence-electron chi connectivity index (χ1n) is 3.42. The maximum absolute atomic E-state index is 4.18. The summed E-state index contributed by atoms with van der Waals surface area (Å²) in [5.74, 6) is 0. The molecule has 0 amide bonds. The fourth-order valence-corrected chi connectivity index (χ4v) is 1.51. The predicted molar refractivity (Wildman–Crippen MR) is 48.9 cm³/mol. The van der Waals surface area contributed by atoms with Crippen molar-refractivity contribution in [2.24, 2.45) is 0 Å². The number of hydrogen-bond donors (Lipinski definition) is 1. The molecule has 0 aliphatic heterocycles. The summed E-state index contributed by atoms with van der Waals surface area (Å²) in [6.45, 7) is 1.98. The zero-order chi connectivity index (χ0) is 7.84. The van der Waals surface area contributed by atoms with Gasteiger partial charge in [0.2, 0.25) is 0 Å². The van der Waals surface area contributed by atoms with Gasteiger partial charge in [0.25, 0.3) is 0 Å². The maximum atomic E-state index is 4.18. The monoisotopic (exact) mass is 164 g/mol. The van der Waals surface area contributed by atoms with Crippen molar-refractivity contribution in [3.05, 3.63) is 30.0 Å². The molecule has 0 saturated carbocycles. The van der Waals surface area contributed by atoms with Crippen LogP contribution in [0.25, 0.3) is 10.9 Å². The molecular formula is C8H8N2S. The van der Waals surface area contributed by atoms with Gasteiger partial charge in [-0.25, -0.2) is 4.09 Å². The summed E-state index contributed by atoms with van der Waals surface area (Å²) in [5.41, 5.74) is 2.09. The lowest BCUT2D eigenvalue weighted by molar-refractivity contribution is 1.01. The molecule has 1 aromatic heterocycles. The Balaban J connectivity index is 2.95. The van der Waals surface area contributed by atoms with E-state index in [9.17, 15) is 0 Å². The van der Waals surface area contributed by atoms with E-state index in [0.29, 0.717) is 0 Å². The fraction of sp³-hybridized carbons (Fsp3) is 0.125. The van der Waals surface area contributed by atoms with Gasteiger partial charge in [0, 0.05) is 5.39 Å². The van der Waals surface area contributed by atoms with Crippen LogP contribution in [0.15, 0.2) is 24.3 Å². The molecule has 2 rings (SSSR count). The van der Waals surface area contributed by atoms with Crippen LogP contribution in [0, 0.1) is 6.92 Å². The third-order valence-corrected chi connectivity index (χ3v) is 2.06. The van der Waals surface area contributed by atoms with Crippen LogP contribution >= 0.6 is 12.8 Å². The lowest BCUT2D eigenvalue weighted by atomic mass is 10.2. The number of aryl methyl sites for hydroxylation is 1. The lowest BCUT2D eigenvalue weighted by Crippen LogP contribution is -1.80. The first-order chi connectivity index (χ1) is 5.29. The number of aromatic nitrogens is 2. The van der Waals surface area contributed by atoms with E-state index in [0.717, 1.165) is 11.2 Å². The van der Waals surface area contributed by atoms with Crippen molar-refractivity contribution in [3.63, 3.8) is 0 Å². The molecule has 0 spiro atoms. The highest BCUT2D eigenvalue weighted by Crippen LogP contribution is 2.17. The molecule has 0 fully saturated rings. The highest BCUT2D eigenvalue weighted by molar-refractivity contribution is 7.78. The fourth-order valence-electron chi connectivity index (χ4n) is 1.20. The van der Waals surface area contributed by atoms with Crippen molar-refractivity contribution in [3.8, 4) is 0 Å². The summed E-state index contributed by atoms with van der Waals surface area (Å²) < 4.78 is 1.60. The number of fused-ring (bicyclic) bond motifs is 1. The van der Waals surface area contributed by atoms with E-state index in [1.807, 2.05) is 31.2 Å². The average Bonchev–Trinajstić information content (AvgIpc) is 2.30. The molecule has 1 aromatic carbocycles. The molecule has 0 bridgehead atoms. The zero-order valence-electron chi connectivity index (χ0n) is 6.15. The second-order valence-corrected chi connectivity index (χ2v) is 2.87. The third-order valence-electron chi connectivity index (χ3n) is 1.75. The van der Waals surface area contributed by atoms with Crippen LogP contribution in [-0.4, -0.2) is 9.19 Å². The minimum absolute atomic E-state index is 1.02. The van der Waals surface area contributed by atoms with E-state index in [1.165, 1.54) is 5.39 Å². The van der Waals surface area contributed by atoms with Gasteiger partial charge in [0.1, 0.15) is 0 Å². The smallest absolute Gasteiger partial charge is 0.0811 e. The molecule has 2 aromatic rings. The highest BCUT2D eigenvalue weighted by atomic mass is 32.1. The van der Waals surface area contributed by atoms with Crippen LogP contribution < -0.4 is 0 Å². The van der Waals surface area contributed by atoms with Crippen LogP contribution in [0.1, 0.15) is 5.69 Å². The minimum atomic E-state index is 1.02. The van der Waals surface area contributed by atoms with Gasteiger partial charge in [0.15, 0.2) is 0 Å². The summed E-state index contributed by atoms with van der Waals surface area (Å²) in [7, 11) is 0. The third kappa shape index (κ3) is 0.922. The topological polar surface area (TPSA) is 17.8 Å². The standard InChI is InChI=1S/C8H8N2S/c1-6-7-4-2-3-5-8(7)10(11)9-6/h2-5,11H,1H3. The van der Waals surface area contributed by atoms with Gasteiger partial charge in [-0.3, -0.25) is 0 Å². The lowest BCUT2D eigenvalue weighted by Gasteiger charge is -1.88. The molecule has 0 unspecified atom stereocenters. The number of rotatable bonds is 0. The molecule has 0 radical (unpaired) electrons. The number of benzene rings is 1. The summed E-state index contributed by atoms with van der Waals surface area (Å²) in [6.07, 6.45) is 0. The predicted octanol–water partition coefficient (Wildman–Crippen LogP) is 2.04. The summed E-state index contributed by atoms with van der Waals surface area (Å²) in [6, 6.07) is 8.04. The Morgan fingerprint density at radius 2 is 2.09 bits per heavy atom. The van der Waals surface area contributed by atoms with Gasteiger partial charge in [-0.05, 0) is 25.8 Å². The number of para-hydroxylation sites is 1. The second kappa shape index (κ2) is 2.27. The van der Waals surface area contributed by atoms with Gasteiger partial charge in [-0.1, -0.05) is 18.2 Å². The van der Waals surface area contributed by atoms with E-state index in [4.69, 9.17) is 0 Å². The quantitative estimate of drug-likeness (QED) is 0.590. The Labute approximate surface area is 70.4 Å². The van der Waals surface area contributed by atoms with Gasteiger partial charge >= 0.3 is 0 Å². The first kappa shape index (κ1) is 6.73. The summed E-state index contributed by atoms with van der Waals surface area (Å²) >= 11 is 4.18. The maximum Gasteiger partial charge on any atom is 0.0811 e. The number of hydrogen-bond acceptors (Lipinski definition) is 2. The second-order valence-electron chi connectivity index (χ2n) is 2.49. The molecule has 0 saturated heterocycles. The Bertz CT molecular complexity index is 356. The van der Waals surface area contributed by atoms with Gasteiger partial charge in [0.05, 0.1) is 11.2 Å². The summed E-state index contributed by atoms with van der Waals surface area (Å²) in [5, 5.41) is 5.34. The Morgan fingerprint density at radius 1 is 1.36 bits per heavy atom. The van der Waals surface area contributed by atoms with Gasteiger partial charge in [-0.15, -0.1) is 0 Å². The Hall–Kier alpha value is -0.960. The van der Waals surface area contributed by atoms with Gasteiger partial charge in [-0.2, -0.15) is 5.10 Å². The van der Waals surface area contributed by atoms with E-state index < -0.39 is 0 Å². The molecule has 11 heavy (non-hydrogen) atoms. The Kier molecular flexibility index (Phi) is 1.39. The SMILES string of the molecule is Cc1nn(S)c2ccccc12. The molecule has 0 aliphatic rings. The largest absolute Gasteiger partial charge is 0.209 e. The molecule has 1 heterocycles. The van der Waals surface area contributed by atoms with E-state index in [2.05, 4.69) is 17.9 Å². The Morgan fingerprint density at radius 3 is 2.82 bits per heavy atom. The molecule has 0 atom stereocenters. The van der Waals surface area contributed by atoms with Crippen LogP contribution in [0.5, 0.6) is 0 Å². The van der Waals surface area contributed by atoms with E-state index >= 15 is 0 Å². The molecule has 3 heteroatoms. The summed E-state index contributed by atoms with van der Waals surface area (Å²) in [4.78, 5) is 0. The number of nitrogens with zero attached hydrogens (tertiary/aromatic N) is 2. The van der Waals surface area contributed by atoms with Gasteiger partial charge < -0.3 is 0 Å². The zero-order valence-corrected chi connectivity index (χ0v) is 7.05. The molecule has 56 valence electrons. The van der Waals surface area contributed by atoms with Crippen molar-refractivity contribution in [1.82, 2.24) is 9.19 Å². The van der Waals surface area contributed by atoms with Crippen LogP contribution in [0.2, 0.25) is 0 Å². The van der Waals surface area contributed by atoms with E-state index in [-0.39, 0.29) is 0 Å². The highest BCUT2D eigenvalue weighted by Gasteiger charge is 2.01. The van der Waals surface area contributed by atoms with Crippen molar-refractivity contribution in [1.29, 1.82) is 0 Å². The van der Waals surface area contributed by atoms with Crippen LogP contribution in [0.3, 0.4) is 0 Å². The molecular weight excluding hydrogens is 156 g/mol. The molecule has 0 aliphatic carbocycles. The normalized spacial score (nSPS) is 10.7. The van der Waals surface area contributed by atoms with Crippen molar-refractivity contribution in [2.45, 2.75) is 6.92 Å². The first-order valence-corrected chi connectivity index (χ1v) is 3.82. The van der Waals surface area contributed by atoms with Crippen molar-refractivity contribution >= 4 is 23.7 Å². The van der Waals surface area contributed by atoms with Crippen LogP contribution in [0.4, 0.5) is 0 Å². The minimum Gasteiger partial charge on any atom is -0.209 e. The van der Waals surface area contributed by atoms with Crippen molar-refractivity contribution in [2.75, 3.05) is 0 Å². The van der Waals surface area contributed by atoms with Crippen molar-refractivity contribution < 1.29 is 0 Å². The van der Waals surface area contributed by atoms with E-state index in [1.54, 1.807) is 4.09 Å². The molecule has 0 N–H and O–H groups in total. The van der Waals surface area contributed by atoms with Crippen LogP contribution in [-0.2, 0) is 0 Å².